The Bertz CT molecular complexity index is 566. The summed E-state index contributed by atoms with van der Waals surface area (Å²) in [5.41, 5.74) is 8.11. The molecule has 0 aliphatic heterocycles. The van der Waals surface area contributed by atoms with Gasteiger partial charge in [0.2, 0.25) is 0 Å². The molecular weight excluding hydrogens is 262 g/mol. The number of anilines is 1. The Morgan fingerprint density at radius 1 is 1.42 bits per heavy atom. The first kappa shape index (κ1) is 14.2. The molecule has 1 heterocycles. The molecule has 2 rings (SSSR count). The lowest BCUT2D eigenvalue weighted by Gasteiger charge is -2.23. The van der Waals surface area contributed by atoms with E-state index in [2.05, 4.69) is 4.98 Å². The largest absolute Gasteiger partial charge is 0.399 e. The Morgan fingerprint density at radius 2 is 2.16 bits per heavy atom. The second kappa shape index (κ2) is 5.81. The van der Waals surface area contributed by atoms with Crippen LogP contribution in [0.4, 0.5) is 5.69 Å². The zero-order chi connectivity index (χ0) is 14.0. The third-order valence-corrected chi connectivity index (χ3v) is 4.50. The van der Waals surface area contributed by atoms with Gasteiger partial charge in [0.05, 0.1) is 17.6 Å². The van der Waals surface area contributed by atoms with Gasteiger partial charge in [-0.05, 0) is 31.4 Å². The van der Waals surface area contributed by atoms with Gasteiger partial charge in [-0.1, -0.05) is 0 Å². The van der Waals surface area contributed by atoms with Crippen LogP contribution in [0.3, 0.4) is 0 Å². The zero-order valence-corrected chi connectivity index (χ0v) is 11.9. The number of aromatic nitrogens is 2. The van der Waals surface area contributed by atoms with Gasteiger partial charge in [0.1, 0.15) is 12.4 Å². The Balaban J connectivity index is 2.57. The molecule has 0 aliphatic carbocycles. The monoisotopic (exact) mass is 281 g/mol. The van der Waals surface area contributed by atoms with Crippen molar-refractivity contribution in [2.24, 2.45) is 0 Å². The van der Waals surface area contributed by atoms with E-state index in [0.717, 1.165) is 11.0 Å². The number of hydrogen-bond acceptors (Lipinski definition) is 5. The van der Waals surface area contributed by atoms with E-state index in [1.54, 1.807) is 17.8 Å². The Labute approximate surface area is 116 Å². The number of aliphatic hydroxyl groups is 2. The highest BCUT2D eigenvalue weighted by Gasteiger charge is 2.22. The Hall–Kier alpha value is -1.24. The van der Waals surface area contributed by atoms with Gasteiger partial charge in [0, 0.05) is 17.0 Å². The highest BCUT2D eigenvalue weighted by Crippen LogP contribution is 2.28. The van der Waals surface area contributed by atoms with E-state index < -0.39 is 0 Å². The van der Waals surface area contributed by atoms with Crippen molar-refractivity contribution in [2.75, 3.05) is 18.6 Å². The summed E-state index contributed by atoms with van der Waals surface area (Å²) >= 11 is 1.60. The van der Waals surface area contributed by atoms with Gasteiger partial charge >= 0.3 is 0 Å². The molecule has 1 aromatic carbocycles. The Kier molecular flexibility index (Phi) is 4.34. The molecule has 4 N–H and O–H groups in total. The van der Waals surface area contributed by atoms with Crippen molar-refractivity contribution >= 4 is 28.5 Å². The number of rotatable bonds is 5. The van der Waals surface area contributed by atoms with Crippen LogP contribution >= 0.6 is 11.8 Å². The molecule has 0 spiro atoms. The maximum atomic E-state index is 9.48. The molecule has 0 saturated heterocycles. The van der Waals surface area contributed by atoms with Crippen LogP contribution in [0.15, 0.2) is 18.2 Å². The predicted octanol–water partition coefficient (Wildman–Crippen LogP) is 1.40. The number of aliphatic hydroxyl groups excluding tert-OH is 2. The second-order valence-corrected chi connectivity index (χ2v) is 5.58. The summed E-state index contributed by atoms with van der Waals surface area (Å²) in [6, 6.07) is 5.56. The summed E-state index contributed by atoms with van der Waals surface area (Å²) in [4.78, 5) is 4.41. The van der Waals surface area contributed by atoms with Crippen LogP contribution in [-0.4, -0.2) is 37.9 Å². The smallest absolute Gasteiger partial charge is 0.135 e. The molecule has 0 radical (unpaired) electrons. The fourth-order valence-corrected chi connectivity index (χ4v) is 2.99. The number of imidazole rings is 1. The molecule has 0 fully saturated rings. The van der Waals surface area contributed by atoms with Crippen LogP contribution in [0.2, 0.25) is 0 Å². The molecule has 5 nitrogen and oxygen atoms in total. The highest BCUT2D eigenvalue weighted by molar-refractivity contribution is 7.99. The topological polar surface area (TPSA) is 84.3 Å². The number of nitrogens with zero attached hydrogens (tertiary/aromatic N) is 2. The molecular formula is C13H19N3O2S. The third kappa shape index (κ3) is 2.56. The number of nitrogens with two attached hydrogens (primary N) is 1. The maximum absolute atomic E-state index is 9.48. The summed E-state index contributed by atoms with van der Waals surface area (Å²) in [5.74, 6) is 0.598. The maximum Gasteiger partial charge on any atom is 0.135 e. The van der Waals surface area contributed by atoms with Gasteiger partial charge in [-0.3, -0.25) is 0 Å². The number of benzene rings is 1. The SMILES string of the molecule is CSC(CO)C(C)n1c(CO)nc2cc(N)ccc21. The lowest BCUT2D eigenvalue weighted by atomic mass is 10.2. The minimum atomic E-state index is -0.133. The van der Waals surface area contributed by atoms with Gasteiger partial charge in [-0.2, -0.15) is 11.8 Å². The number of hydrogen-bond donors (Lipinski definition) is 3. The normalized spacial score (nSPS) is 14.7. The van der Waals surface area contributed by atoms with E-state index in [1.807, 2.05) is 29.9 Å². The van der Waals surface area contributed by atoms with Crippen molar-refractivity contribution < 1.29 is 10.2 Å². The first-order valence-electron chi connectivity index (χ1n) is 6.13. The fraction of sp³-hybridized carbons (Fsp3) is 0.462. The van der Waals surface area contributed by atoms with E-state index in [4.69, 9.17) is 5.73 Å². The van der Waals surface area contributed by atoms with Crippen molar-refractivity contribution in [1.82, 2.24) is 9.55 Å². The molecule has 104 valence electrons. The fourth-order valence-electron chi connectivity index (χ4n) is 2.32. The molecule has 2 unspecified atom stereocenters. The molecule has 0 amide bonds. The van der Waals surface area contributed by atoms with Crippen LogP contribution in [0.25, 0.3) is 11.0 Å². The third-order valence-electron chi connectivity index (χ3n) is 3.36. The zero-order valence-electron chi connectivity index (χ0n) is 11.1. The quantitative estimate of drug-likeness (QED) is 0.721. The minimum Gasteiger partial charge on any atom is -0.399 e. The summed E-state index contributed by atoms with van der Waals surface area (Å²) in [6.07, 6.45) is 1.97. The van der Waals surface area contributed by atoms with Crippen molar-refractivity contribution in [3.05, 3.63) is 24.0 Å². The van der Waals surface area contributed by atoms with Gasteiger partial charge in [-0.25, -0.2) is 4.98 Å². The predicted molar refractivity (Wildman–Crippen MR) is 79.2 cm³/mol. The van der Waals surface area contributed by atoms with E-state index in [9.17, 15) is 10.2 Å². The average molecular weight is 281 g/mol. The standard InChI is InChI=1S/C13H19N3O2S/c1-8(12(6-17)19-2)16-11-4-3-9(14)5-10(11)15-13(16)7-18/h3-5,8,12,17-18H,6-7,14H2,1-2H3. The van der Waals surface area contributed by atoms with Gasteiger partial charge in [0.25, 0.3) is 0 Å². The van der Waals surface area contributed by atoms with Crippen molar-refractivity contribution in [1.29, 1.82) is 0 Å². The van der Waals surface area contributed by atoms with Crippen LogP contribution in [-0.2, 0) is 6.61 Å². The summed E-state index contributed by atoms with van der Waals surface area (Å²) < 4.78 is 1.98. The summed E-state index contributed by atoms with van der Waals surface area (Å²) in [7, 11) is 0. The van der Waals surface area contributed by atoms with Gasteiger partial charge in [-0.15, -0.1) is 0 Å². The van der Waals surface area contributed by atoms with Crippen LogP contribution < -0.4 is 5.73 Å². The molecule has 19 heavy (non-hydrogen) atoms. The summed E-state index contributed by atoms with van der Waals surface area (Å²) in [6.45, 7) is 1.97. The van der Waals surface area contributed by atoms with Crippen LogP contribution in [0, 0.1) is 0 Å². The second-order valence-electron chi connectivity index (χ2n) is 4.50. The molecule has 2 atom stereocenters. The van der Waals surface area contributed by atoms with E-state index >= 15 is 0 Å². The molecule has 1 aromatic heterocycles. The first-order valence-corrected chi connectivity index (χ1v) is 7.42. The van der Waals surface area contributed by atoms with Crippen LogP contribution in [0.5, 0.6) is 0 Å². The molecule has 0 aliphatic rings. The van der Waals surface area contributed by atoms with E-state index in [0.29, 0.717) is 11.5 Å². The number of nitrogen functional groups attached to an aromatic ring is 1. The lowest BCUT2D eigenvalue weighted by molar-refractivity contribution is 0.248. The number of fused-ring (bicyclic) bond motifs is 1. The highest BCUT2D eigenvalue weighted by atomic mass is 32.2. The molecule has 6 heteroatoms. The molecule has 0 saturated carbocycles. The van der Waals surface area contributed by atoms with E-state index in [1.165, 1.54) is 0 Å². The van der Waals surface area contributed by atoms with E-state index in [-0.39, 0.29) is 24.5 Å². The van der Waals surface area contributed by atoms with Crippen molar-refractivity contribution in [3.8, 4) is 0 Å². The number of thioether (sulfide) groups is 1. The first-order chi connectivity index (χ1) is 9.12. The Morgan fingerprint density at radius 3 is 2.74 bits per heavy atom. The summed E-state index contributed by atoms with van der Waals surface area (Å²) in [5, 5.41) is 19.0. The van der Waals surface area contributed by atoms with Crippen molar-refractivity contribution in [2.45, 2.75) is 24.8 Å². The average Bonchev–Trinajstić information content (AvgIpc) is 2.77. The van der Waals surface area contributed by atoms with Crippen LogP contribution in [0.1, 0.15) is 18.8 Å². The van der Waals surface area contributed by atoms with Gasteiger partial charge in [0.15, 0.2) is 0 Å². The molecule has 2 aromatic rings. The molecule has 0 bridgehead atoms. The minimum absolute atomic E-state index is 0.0378. The van der Waals surface area contributed by atoms with Crippen molar-refractivity contribution in [3.63, 3.8) is 0 Å². The van der Waals surface area contributed by atoms with Gasteiger partial charge < -0.3 is 20.5 Å². The lowest BCUT2D eigenvalue weighted by Crippen LogP contribution is -2.23.